The number of carboxylic acid groups (broad SMARTS) is 1. The number of carbonyl (C=O) groups excluding carboxylic acids is 1. The molecule has 1 heterocycles. The van der Waals surface area contributed by atoms with E-state index in [2.05, 4.69) is 21.2 Å². The normalized spacial score (nSPS) is 22.2. The van der Waals surface area contributed by atoms with Crippen molar-refractivity contribution in [1.29, 1.82) is 0 Å². The van der Waals surface area contributed by atoms with Crippen molar-refractivity contribution in [2.24, 2.45) is 0 Å². The van der Waals surface area contributed by atoms with Crippen LogP contribution in [0.4, 0.5) is 5.69 Å². The first-order chi connectivity index (χ1) is 8.92. The molecule has 1 saturated heterocycles. The summed E-state index contributed by atoms with van der Waals surface area (Å²) in [6.07, 6.45) is 1.52. The molecule has 1 aromatic carbocycles. The van der Waals surface area contributed by atoms with E-state index in [4.69, 9.17) is 9.84 Å². The number of aromatic carboxylic acids is 1. The van der Waals surface area contributed by atoms with Crippen LogP contribution in [0.15, 0.2) is 22.7 Å². The minimum absolute atomic E-state index is 0.107. The van der Waals surface area contributed by atoms with E-state index in [1.165, 1.54) is 6.07 Å². The van der Waals surface area contributed by atoms with Crippen LogP contribution in [0.2, 0.25) is 0 Å². The molecule has 0 bridgehead atoms. The second-order valence-electron chi connectivity index (χ2n) is 4.64. The Hall–Kier alpha value is -1.40. The molecular weight excluding hydrogens is 314 g/mol. The van der Waals surface area contributed by atoms with Crippen molar-refractivity contribution in [3.05, 3.63) is 28.2 Å². The number of carboxylic acids is 1. The van der Waals surface area contributed by atoms with E-state index in [9.17, 15) is 9.59 Å². The van der Waals surface area contributed by atoms with Gasteiger partial charge in [-0.15, -0.1) is 0 Å². The fraction of sp³-hybridized carbons (Fsp3) is 0.385. The van der Waals surface area contributed by atoms with Gasteiger partial charge in [0, 0.05) is 16.8 Å². The maximum atomic E-state index is 12.1. The molecule has 1 aromatic rings. The molecule has 1 aliphatic heterocycles. The van der Waals surface area contributed by atoms with Gasteiger partial charge in [0.25, 0.3) is 5.91 Å². The minimum atomic E-state index is -1.05. The molecule has 102 valence electrons. The maximum absolute atomic E-state index is 12.1. The molecule has 5 nitrogen and oxygen atoms in total. The van der Waals surface area contributed by atoms with Crippen molar-refractivity contribution < 1.29 is 19.4 Å². The monoisotopic (exact) mass is 327 g/mol. The zero-order valence-corrected chi connectivity index (χ0v) is 12.0. The van der Waals surface area contributed by atoms with Crippen molar-refractivity contribution in [3.8, 4) is 0 Å². The second kappa shape index (κ2) is 5.30. The van der Waals surface area contributed by atoms with Crippen molar-refractivity contribution in [3.63, 3.8) is 0 Å². The summed E-state index contributed by atoms with van der Waals surface area (Å²) in [5, 5.41) is 11.7. The van der Waals surface area contributed by atoms with Gasteiger partial charge in [0.1, 0.15) is 5.60 Å². The molecule has 19 heavy (non-hydrogen) atoms. The van der Waals surface area contributed by atoms with Crippen LogP contribution in [-0.2, 0) is 9.53 Å². The Kier molecular flexibility index (Phi) is 3.91. The molecule has 1 aliphatic rings. The van der Waals surface area contributed by atoms with Crippen LogP contribution in [0.25, 0.3) is 0 Å². The van der Waals surface area contributed by atoms with Crippen LogP contribution < -0.4 is 5.32 Å². The Morgan fingerprint density at radius 1 is 1.47 bits per heavy atom. The van der Waals surface area contributed by atoms with Gasteiger partial charge in [-0.2, -0.15) is 0 Å². The molecule has 0 aliphatic carbocycles. The van der Waals surface area contributed by atoms with Gasteiger partial charge in [0.2, 0.25) is 0 Å². The molecule has 1 amide bonds. The van der Waals surface area contributed by atoms with Gasteiger partial charge in [-0.05, 0) is 53.9 Å². The van der Waals surface area contributed by atoms with Crippen LogP contribution in [0, 0.1) is 0 Å². The summed E-state index contributed by atoms with van der Waals surface area (Å²) < 4.78 is 5.91. The topological polar surface area (TPSA) is 75.6 Å². The largest absolute Gasteiger partial charge is 0.478 e. The first-order valence-corrected chi connectivity index (χ1v) is 6.70. The van der Waals surface area contributed by atoms with E-state index in [1.807, 2.05) is 0 Å². The lowest BCUT2D eigenvalue weighted by molar-refractivity contribution is -0.133. The van der Waals surface area contributed by atoms with Crippen LogP contribution in [0.1, 0.15) is 30.1 Å². The summed E-state index contributed by atoms with van der Waals surface area (Å²) in [4.78, 5) is 23.1. The van der Waals surface area contributed by atoms with E-state index in [-0.39, 0.29) is 11.5 Å². The van der Waals surface area contributed by atoms with Crippen molar-refractivity contribution in [2.75, 3.05) is 11.9 Å². The highest BCUT2D eigenvalue weighted by Crippen LogP contribution is 2.27. The number of hydrogen-bond donors (Lipinski definition) is 2. The lowest BCUT2D eigenvalue weighted by Gasteiger charge is -2.22. The van der Waals surface area contributed by atoms with Gasteiger partial charge >= 0.3 is 5.97 Å². The quantitative estimate of drug-likeness (QED) is 0.894. The minimum Gasteiger partial charge on any atom is -0.478 e. The molecule has 1 atom stereocenters. The standard InChI is InChI=1S/C13H14BrNO4/c1-13(5-2-6-19-13)12(18)15-8-3-4-10(14)9(7-8)11(16)17/h3-4,7H,2,5-6H2,1H3,(H,15,18)(H,16,17). The van der Waals surface area contributed by atoms with E-state index >= 15 is 0 Å². The summed E-state index contributed by atoms with van der Waals surface area (Å²) in [7, 11) is 0. The number of amides is 1. The van der Waals surface area contributed by atoms with E-state index < -0.39 is 11.6 Å². The first-order valence-electron chi connectivity index (χ1n) is 5.91. The first kappa shape index (κ1) is 14.0. The average molecular weight is 328 g/mol. The summed E-state index contributed by atoms with van der Waals surface area (Å²) in [5.74, 6) is -1.30. The highest BCUT2D eigenvalue weighted by molar-refractivity contribution is 9.10. The Labute approximate surface area is 119 Å². The van der Waals surface area contributed by atoms with Gasteiger partial charge in [0.05, 0.1) is 5.56 Å². The highest BCUT2D eigenvalue weighted by atomic mass is 79.9. The Morgan fingerprint density at radius 3 is 2.79 bits per heavy atom. The van der Waals surface area contributed by atoms with E-state index in [0.29, 0.717) is 23.2 Å². The van der Waals surface area contributed by atoms with Crippen molar-refractivity contribution in [2.45, 2.75) is 25.4 Å². The van der Waals surface area contributed by atoms with E-state index in [0.717, 1.165) is 6.42 Å². The molecule has 1 unspecified atom stereocenters. The number of rotatable bonds is 3. The summed E-state index contributed by atoms with van der Waals surface area (Å²) in [5.41, 5.74) is -0.270. The Morgan fingerprint density at radius 2 is 2.21 bits per heavy atom. The summed E-state index contributed by atoms with van der Waals surface area (Å²) >= 11 is 3.16. The third-order valence-corrected chi connectivity index (χ3v) is 3.85. The summed E-state index contributed by atoms with van der Waals surface area (Å²) in [6.45, 7) is 2.32. The molecule has 6 heteroatoms. The Balaban J connectivity index is 2.17. The van der Waals surface area contributed by atoms with Crippen LogP contribution in [-0.4, -0.2) is 29.2 Å². The van der Waals surface area contributed by atoms with Crippen LogP contribution in [0.3, 0.4) is 0 Å². The second-order valence-corrected chi connectivity index (χ2v) is 5.49. The lowest BCUT2D eigenvalue weighted by atomic mass is 10.0. The van der Waals surface area contributed by atoms with Gasteiger partial charge < -0.3 is 15.2 Å². The number of anilines is 1. The number of ether oxygens (including phenoxy) is 1. The molecule has 2 N–H and O–H groups in total. The molecule has 0 aromatic heterocycles. The Bertz CT molecular complexity index is 523. The van der Waals surface area contributed by atoms with Gasteiger partial charge in [-0.3, -0.25) is 4.79 Å². The summed E-state index contributed by atoms with van der Waals surface area (Å²) in [6, 6.07) is 4.66. The van der Waals surface area contributed by atoms with Gasteiger partial charge in [-0.1, -0.05) is 0 Å². The fourth-order valence-electron chi connectivity index (χ4n) is 1.99. The van der Waals surface area contributed by atoms with Crippen molar-refractivity contribution in [1.82, 2.24) is 0 Å². The van der Waals surface area contributed by atoms with Gasteiger partial charge in [-0.25, -0.2) is 4.79 Å². The lowest BCUT2D eigenvalue weighted by Crippen LogP contribution is -2.39. The fourth-order valence-corrected chi connectivity index (χ4v) is 2.40. The highest BCUT2D eigenvalue weighted by Gasteiger charge is 2.37. The number of halogens is 1. The number of hydrogen-bond acceptors (Lipinski definition) is 3. The third kappa shape index (κ3) is 2.96. The molecule has 0 saturated carbocycles. The zero-order chi connectivity index (χ0) is 14.0. The SMILES string of the molecule is CC1(C(=O)Nc2ccc(Br)c(C(=O)O)c2)CCCO1. The number of benzene rings is 1. The number of nitrogens with one attached hydrogen (secondary N) is 1. The zero-order valence-electron chi connectivity index (χ0n) is 10.4. The molecular formula is C13H14BrNO4. The third-order valence-electron chi connectivity index (χ3n) is 3.15. The van der Waals surface area contributed by atoms with Crippen molar-refractivity contribution >= 4 is 33.5 Å². The van der Waals surface area contributed by atoms with Crippen LogP contribution in [0.5, 0.6) is 0 Å². The molecule has 2 rings (SSSR count). The predicted octanol–water partition coefficient (Wildman–Crippen LogP) is 2.65. The smallest absolute Gasteiger partial charge is 0.336 e. The molecule has 0 spiro atoms. The average Bonchev–Trinajstić information content (AvgIpc) is 2.79. The molecule has 1 fully saturated rings. The predicted molar refractivity (Wildman–Crippen MR) is 73.3 cm³/mol. The van der Waals surface area contributed by atoms with Gasteiger partial charge in [0.15, 0.2) is 0 Å². The maximum Gasteiger partial charge on any atom is 0.336 e. The van der Waals surface area contributed by atoms with Crippen LogP contribution >= 0.6 is 15.9 Å². The molecule has 0 radical (unpaired) electrons. The number of carbonyl (C=O) groups is 2. The van der Waals surface area contributed by atoms with E-state index in [1.54, 1.807) is 19.1 Å².